The van der Waals surface area contributed by atoms with E-state index >= 15 is 0 Å². The molecular formula is C13H28N2OS. The average molecular weight is 260 g/mol. The summed E-state index contributed by atoms with van der Waals surface area (Å²) in [6.45, 7) is 8.99. The molecule has 0 aromatic heterocycles. The fourth-order valence-corrected chi connectivity index (χ4v) is 2.78. The molecular weight excluding hydrogens is 232 g/mol. The number of nitrogens with zero attached hydrogens (tertiary/aromatic N) is 1. The Kier molecular flexibility index (Phi) is 7.32. The first-order chi connectivity index (χ1) is 8.13. The van der Waals surface area contributed by atoms with Gasteiger partial charge in [-0.05, 0) is 51.9 Å². The van der Waals surface area contributed by atoms with Crippen molar-refractivity contribution in [1.82, 2.24) is 10.2 Å². The van der Waals surface area contributed by atoms with Gasteiger partial charge in [-0.25, -0.2) is 0 Å². The fraction of sp³-hybridized carbons (Fsp3) is 1.00. The van der Waals surface area contributed by atoms with Gasteiger partial charge in [-0.15, -0.1) is 0 Å². The Morgan fingerprint density at radius 2 is 2.18 bits per heavy atom. The third-order valence-corrected chi connectivity index (χ3v) is 5.19. The van der Waals surface area contributed by atoms with Crippen LogP contribution in [0.1, 0.15) is 39.5 Å². The molecule has 4 heteroatoms. The minimum atomic E-state index is -0.676. The van der Waals surface area contributed by atoms with Gasteiger partial charge >= 0.3 is 0 Å². The number of hydrogen-bond donors (Lipinski definition) is 1. The topological polar surface area (TPSA) is 32.3 Å². The van der Waals surface area contributed by atoms with Crippen molar-refractivity contribution in [3.8, 4) is 0 Å². The van der Waals surface area contributed by atoms with E-state index in [-0.39, 0.29) is 0 Å². The molecule has 0 saturated carbocycles. The third kappa shape index (κ3) is 5.98. The highest BCUT2D eigenvalue weighted by molar-refractivity contribution is 7.84. The van der Waals surface area contributed by atoms with E-state index in [4.69, 9.17) is 0 Å². The lowest BCUT2D eigenvalue weighted by molar-refractivity contribution is 0.297. The van der Waals surface area contributed by atoms with Crippen LogP contribution < -0.4 is 5.32 Å². The maximum atomic E-state index is 11.2. The van der Waals surface area contributed by atoms with Crippen LogP contribution >= 0.6 is 0 Å². The Morgan fingerprint density at radius 3 is 2.82 bits per heavy atom. The fourth-order valence-electron chi connectivity index (χ4n) is 2.33. The molecule has 0 aromatic rings. The second-order valence-electron chi connectivity index (χ2n) is 5.11. The predicted molar refractivity (Wildman–Crippen MR) is 75.9 cm³/mol. The minimum Gasteiger partial charge on any atom is -0.314 e. The van der Waals surface area contributed by atoms with Crippen LogP contribution in [0.15, 0.2) is 0 Å². The van der Waals surface area contributed by atoms with Crippen LogP contribution in [0.2, 0.25) is 0 Å². The molecule has 0 bridgehead atoms. The number of nitrogens with one attached hydrogen (secondary N) is 1. The van der Waals surface area contributed by atoms with Crippen molar-refractivity contribution >= 4 is 10.8 Å². The van der Waals surface area contributed by atoms with Crippen molar-refractivity contribution in [2.45, 2.75) is 50.8 Å². The molecule has 0 aliphatic carbocycles. The average Bonchev–Trinajstić information content (AvgIpc) is 2.54. The van der Waals surface area contributed by atoms with Gasteiger partial charge in [0, 0.05) is 28.3 Å². The van der Waals surface area contributed by atoms with Crippen LogP contribution in [-0.4, -0.2) is 52.8 Å². The van der Waals surface area contributed by atoms with Crippen molar-refractivity contribution in [3.63, 3.8) is 0 Å². The van der Waals surface area contributed by atoms with E-state index in [0.717, 1.165) is 13.0 Å². The zero-order valence-corrected chi connectivity index (χ0v) is 12.4. The minimum absolute atomic E-state index is 0.320. The van der Waals surface area contributed by atoms with Crippen LogP contribution in [0.4, 0.5) is 0 Å². The highest BCUT2D eigenvalue weighted by atomic mass is 32.2. The smallest absolute Gasteiger partial charge is 0.0329 e. The van der Waals surface area contributed by atoms with Gasteiger partial charge in [0.25, 0.3) is 0 Å². The normalized spacial score (nSPS) is 26.4. The van der Waals surface area contributed by atoms with E-state index in [1.54, 1.807) is 6.26 Å². The van der Waals surface area contributed by atoms with E-state index < -0.39 is 10.8 Å². The van der Waals surface area contributed by atoms with Gasteiger partial charge in [0.1, 0.15) is 0 Å². The van der Waals surface area contributed by atoms with Gasteiger partial charge in [0.05, 0.1) is 0 Å². The molecule has 1 heterocycles. The van der Waals surface area contributed by atoms with Crippen molar-refractivity contribution < 1.29 is 4.21 Å². The predicted octanol–water partition coefficient (Wildman–Crippen LogP) is 1.61. The van der Waals surface area contributed by atoms with Crippen LogP contribution in [0.5, 0.6) is 0 Å². The van der Waals surface area contributed by atoms with Gasteiger partial charge in [-0.3, -0.25) is 4.21 Å². The Hall–Kier alpha value is 0.0700. The maximum Gasteiger partial charge on any atom is 0.0329 e. The van der Waals surface area contributed by atoms with Crippen molar-refractivity contribution in [2.24, 2.45) is 0 Å². The molecule has 3 atom stereocenters. The summed E-state index contributed by atoms with van der Waals surface area (Å²) in [6.07, 6.45) is 6.69. The van der Waals surface area contributed by atoms with Gasteiger partial charge in [-0.1, -0.05) is 13.8 Å². The molecule has 0 spiro atoms. The Bertz CT molecular complexity index is 235. The summed E-state index contributed by atoms with van der Waals surface area (Å²) in [5.41, 5.74) is 0. The molecule has 0 aromatic carbocycles. The highest BCUT2D eigenvalue weighted by Crippen LogP contribution is 2.11. The van der Waals surface area contributed by atoms with E-state index in [0.29, 0.717) is 11.3 Å². The second-order valence-corrected chi connectivity index (χ2v) is 6.92. The lowest BCUT2D eigenvalue weighted by atomic mass is 10.1. The SMILES string of the molecule is CCN1CCCC(NCCC(C)S(C)=O)CC1. The van der Waals surface area contributed by atoms with Crippen LogP contribution in [0, 0.1) is 0 Å². The third-order valence-electron chi connectivity index (χ3n) is 3.82. The Morgan fingerprint density at radius 1 is 1.41 bits per heavy atom. The molecule has 3 nitrogen and oxygen atoms in total. The quantitative estimate of drug-likeness (QED) is 0.787. The summed E-state index contributed by atoms with van der Waals surface area (Å²) < 4.78 is 11.2. The summed E-state index contributed by atoms with van der Waals surface area (Å²) in [5.74, 6) is 0. The van der Waals surface area contributed by atoms with Crippen LogP contribution in [0.25, 0.3) is 0 Å². The maximum absolute atomic E-state index is 11.2. The van der Waals surface area contributed by atoms with Crippen molar-refractivity contribution in [3.05, 3.63) is 0 Å². The molecule has 1 rings (SSSR count). The summed E-state index contributed by atoms with van der Waals surface area (Å²) in [4.78, 5) is 2.53. The van der Waals surface area contributed by atoms with Gasteiger partial charge in [0.15, 0.2) is 0 Å². The lowest BCUT2D eigenvalue weighted by Gasteiger charge is -2.19. The first kappa shape index (κ1) is 15.1. The molecule has 1 aliphatic heterocycles. The largest absolute Gasteiger partial charge is 0.314 e. The van der Waals surface area contributed by atoms with Crippen LogP contribution in [-0.2, 0) is 10.8 Å². The van der Waals surface area contributed by atoms with E-state index in [1.807, 2.05) is 0 Å². The highest BCUT2D eigenvalue weighted by Gasteiger charge is 2.15. The molecule has 17 heavy (non-hydrogen) atoms. The summed E-state index contributed by atoms with van der Waals surface area (Å²) >= 11 is 0. The van der Waals surface area contributed by atoms with E-state index in [1.165, 1.54) is 38.9 Å². The first-order valence-electron chi connectivity index (χ1n) is 6.91. The monoisotopic (exact) mass is 260 g/mol. The summed E-state index contributed by atoms with van der Waals surface area (Å²) in [6, 6.07) is 0.670. The van der Waals surface area contributed by atoms with Gasteiger partial charge in [0.2, 0.25) is 0 Å². The molecule has 3 unspecified atom stereocenters. The Balaban J connectivity index is 2.17. The molecule has 1 aliphatic rings. The van der Waals surface area contributed by atoms with E-state index in [2.05, 4.69) is 24.1 Å². The van der Waals surface area contributed by atoms with E-state index in [9.17, 15) is 4.21 Å². The molecule has 102 valence electrons. The first-order valence-corrected chi connectivity index (χ1v) is 8.53. The zero-order chi connectivity index (χ0) is 12.7. The molecule has 1 fully saturated rings. The standard InChI is InChI=1S/C13H28N2OS/c1-4-15-10-5-6-13(8-11-15)14-9-7-12(2)17(3)16/h12-14H,4-11H2,1-3H3. The molecule has 1 saturated heterocycles. The lowest BCUT2D eigenvalue weighted by Crippen LogP contribution is -2.33. The zero-order valence-electron chi connectivity index (χ0n) is 11.6. The van der Waals surface area contributed by atoms with Crippen molar-refractivity contribution in [1.29, 1.82) is 0 Å². The summed E-state index contributed by atoms with van der Waals surface area (Å²) in [5, 5.41) is 3.95. The second kappa shape index (κ2) is 8.22. The number of rotatable bonds is 6. The Labute approximate surface area is 109 Å². The van der Waals surface area contributed by atoms with Crippen molar-refractivity contribution in [2.75, 3.05) is 32.4 Å². The molecule has 0 radical (unpaired) electrons. The van der Waals surface area contributed by atoms with Gasteiger partial charge in [-0.2, -0.15) is 0 Å². The number of hydrogen-bond acceptors (Lipinski definition) is 3. The van der Waals surface area contributed by atoms with Gasteiger partial charge < -0.3 is 10.2 Å². The van der Waals surface area contributed by atoms with Crippen LogP contribution in [0.3, 0.4) is 0 Å². The molecule has 1 N–H and O–H groups in total. The molecule has 0 amide bonds. The summed E-state index contributed by atoms with van der Waals surface area (Å²) in [7, 11) is -0.676. The number of likely N-dealkylation sites (tertiary alicyclic amines) is 1.